The van der Waals surface area contributed by atoms with Crippen LogP contribution in [0.25, 0.3) is 10.8 Å². The van der Waals surface area contributed by atoms with E-state index in [1.807, 2.05) is 24.3 Å². The second-order valence-corrected chi connectivity index (χ2v) is 8.18. The predicted octanol–water partition coefficient (Wildman–Crippen LogP) is 3.37. The maximum absolute atomic E-state index is 13.0. The first kappa shape index (κ1) is 21.2. The van der Waals surface area contributed by atoms with Gasteiger partial charge in [0.05, 0.1) is 6.61 Å². The molecular formula is C24H30N4O3. The fourth-order valence-electron chi connectivity index (χ4n) is 4.13. The van der Waals surface area contributed by atoms with Gasteiger partial charge in [0, 0.05) is 32.1 Å². The van der Waals surface area contributed by atoms with Crippen LogP contribution in [0.15, 0.2) is 41.2 Å². The maximum Gasteiger partial charge on any atom is 0.346 e. The van der Waals surface area contributed by atoms with Crippen molar-refractivity contribution in [3.05, 3.63) is 58.3 Å². The summed E-state index contributed by atoms with van der Waals surface area (Å²) in [5.41, 5.74) is 0.797. The number of carbonyl (C=O) groups is 1. The number of aromatic nitrogens is 3. The first-order valence-corrected chi connectivity index (χ1v) is 11.1. The normalized spacial score (nSPS) is 13.6. The third-order valence-corrected chi connectivity index (χ3v) is 5.85. The Morgan fingerprint density at radius 3 is 2.84 bits per heavy atom. The molecule has 0 saturated carbocycles. The number of nitrogens with zero attached hydrogens (tertiary/aromatic N) is 4. The van der Waals surface area contributed by atoms with Crippen LogP contribution in [0.2, 0.25) is 0 Å². The smallest absolute Gasteiger partial charge is 0.346 e. The second-order valence-electron chi connectivity index (χ2n) is 8.18. The Balaban J connectivity index is 1.55. The van der Waals surface area contributed by atoms with Crippen LogP contribution in [-0.4, -0.2) is 38.8 Å². The first-order valence-electron chi connectivity index (χ1n) is 11.1. The van der Waals surface area contributed by atoms with Crippen molar-refractivity contribution in [3.63, 3.8) is 0 Å². The summed E-state index contributed by atoms with van der Waals surface area (Å²) >= 11 is 0. The summed E-state index contributed by atoms with van der Waals surface area (Å²) in [6, 6.07) is 12.1. The Kier molecular flexibility index (Phi) is 6.39. The van der Waals surface area contributed by atoms with Crippen LogP contribution < -0.4 is 10.4 Å². The molecule has 1 aliphatic heterocycles. The Hall–Kier alpha value is -3.09. The molecule has 31 heavy (non-hydrogen) atoms. The molecule has 7 heteroatoms. The lowest BCUT2D eigenvalue weighted by Crippen LogP contribution is -2.35. The first-order chi connectivity index (χ1) is 15.1. The highest BCUT2D eigenvalue weighted by molar-refractivity contribution is 5.88. The van der Waals surface area contributed by atoms with Gasteiger partial charge in [-0.05, 0) is 36.1 Å². The molecule has 0 fully saturated rings. The molecule has 1 aromatic heterocycles. The highest BCUT2D eigenvalue weighted by atomic mass is 16.5. The van der Waals surface area contributed by atoms with E-state index in [0.717, 1.165) is 60.0 Å². The highest BCUT2D eigenvalue weighted by Gasteiger charge is 2.20. The largest absolute Gasteiger partial charge is 0.493 e. The van der Waals surface area contributed by atoms with Crippen LogP contribution in [0.1, 0.15) is 44.0 Å². The molecule has 0 saturated heterocycles. The van der Waals surface area contributed by atoms with E-state index in [-0.39, 0.29) is 18.1 Å². The summed E-state index contributed by atoms with van der Waals surface area (Å²) in [5.74, 6) is 1.44. The summed E-state index contributed by atoms with van der Waals surface area (Å²) < 4.78 is 9.01. The van der Waals surface area contributed by atoms with Crippen LogP contribution >= 0.6 is 0 Å². The molecule has 0 N–H and O–H groups in total. The van der Waals surface area contributed by atoms with Crippen molar-refractivity contribution in [2.45, 2.75) is 58.7 Å². The third-order valence-electron chi connectivity index (χ3n) is 5.85. The minimum absolute atomic E-state index is 0.0503. The molecule has 1 aliphatic rings. The number of hydrogen-bond acceptors (Lipinski definition) is 4. The van der Waals surface area contributed by atoms with Crippen molar-refractivity contribution in [1.82, 2.24) is 19.2 Å². The molecule has 3 aromatic rings. The van der Waals surface area contributed by atoms with Crippen LogP contribution in [-0.2, 0) is 30.8 Å². The van der Waals surface area contributed by atoms with Crippen molar-refractivity contribution in [2.24, 2.45) is 0 Å². The molecular weight excluding hydrogens is 392 g/mol. The highest BCUT2D eigenvalue weighted by Crippen LogP contribution is 2.29. The monoisotopic (exact) mass is 422 g/mol. The Labute approximate surface area is 182 Å². The van der Waals surface area contributed by atoms with Gasteiger partial charge in [0.15, 0.2) is 0 Å². The molecule has 2 aromatic carbocycles. The maximum atomic E-state index is 13.0. The number of carbonyl (C=O) groups excluding carboxylic acids is 1. The molecule has 0 radical (unpaired) electrons. The number of fused-ring (bicyclic) bond motifs is 2. The fraction of sp³-hybridized carbons (Fsp3) is 0.458. The van der Waals surface area contributed by atoms with Crippen LogP contribution in [0.5, 0.6) is 5.75 Å². The van der Waals surface area contributed by atoms with E-state index in [9.17, 15) is 9.59 Å². The lowest BCUT2D eigenvalue weighted by atomic mass is 10.0. The molecule has 2 heterocycles. The van der Waals surface area contributed by atoms with Gasteiger partial charge in [0.25, 0.3) is 0 Å². The lowest BCUT2D eigenvalue weighted by molar-refractivity contribution is -0.131. The summed E-state index contributed by atoms with van der Waals surface area (Å²) in [7, 11) is 1.76. The van der Waals surface area contributed by atoms with Gasteiger partial charge in [-0.25, -0.2) is 9.48 Å². The zero-order chi connectivity index (χ0) is 21.8. The van der Waals surface area contributed by atoms with Crippen molar-refractivity contribution in [2.75, 3.05) is 13.7 Å². The van der Waals surface area contributed by atoms with E-state index in [0.29, 0.717) is 19.7 Å². The van der Waals surface area contributed by atoms with Gasteiger partial charge in [-0.15, -0.1) is 0 Å². The number of ether oxygens (including phenoxy) is 1. The minimum atomic E-state index is -0.184. The van der Waals surface area contributed by atoms with Crippen LogP contribution in [0.4, 0.5) is 0 Å². The van der Waals surface area contributed by atoms with Gasteiger partial charge in [-0.3, -0.25) is 9.36 Å². The topological polar surface area (TPSA) is 69.4 Å². The Morgan fingerprint density at radius 2 is 2.00 bits per heavy atom. The molecule has 0 unspecified atom stereocenters. The van der Waals surface area contributed by atoms with Crippen LogP contribution in [0, 0.1) is 0 Å². The van der Waals surface area contributed by atoms with Gasteiger partial charge in [0.1, 0.15) is 18.1 Å². The number of amides is 1. The van der Waals surface area contributed by atoms with E-state index in [1.54, 1.807) is 16.5 Å². The summed E-state index contributed by atoms with van der Waals surface area (Å²) in [5, 5.41) is 6.62. The number of aryl methyl sites for hydroxylation is 1. The zero-order valence-electron chi connectivity index (χ0n) is 18.3. The predicted molar refractivity (Wildman–Crippen MR) is 120 cm³/mol. The lowest BCUT2D eigenvalue weighted by Gasteiger charge is -2.21. The molecule has 0 spiro atoms. The van der Waals surface area contributed by atoms with Crippen molar-refractivity contribution in [3.8, 4) is 5.75 Å². The average molecular weight is 423 g/mol. The van der Waals surface area contributed by atoms with E-state index in [4.69, 9.17) is 4.74 Å². The van der Waals surface area contributed by atoms with Crippen molar-refractivity contribution < 1.29 is 9.53 Å². The minimum Gasteiger partial charge on any atom is -0.493 e. The van der Waals surface area contributed by atoms with E-state index >= 15 is 0 Å². The summed E-state index contributed by atoms with van der Waals surface area (Å²) in [6.45, 7) is 3.73. The number of benzene rings is 2. The quantitative estimate of drug-likeness (QED) is 0.585. The van der Waals surface area contributed by atoms with Crippen molar-refractivity contribution >= 4 is 16.7 Å². The third kappa shape index (κ3) is 4.50. The Bertz CT molecular complexity index is 1130. The Morgan fingerprint density at radius 1 is 1.16 bits per heavy atom. The van der Waals surface area contributed by atoms with Crippen molar-refractivity contribution in [1.29, 1.82) is 0 Å². The second kappa shape index (κ2) is 9.37. The number of rotatable bonds is 7. The standard InChI is InChI=1S/C24H30N4O3/c1-3-15-31-21-13-12-18-9-6-7-10-19(18)20(21)16-26(2)23(29)17-28-24(30)27-14-8-4-5-11-22(27)25-28/h6-7,9-10,12-13H,3-5,8,11,14-17H2,1-2H3. The summed E-state index contributed by atoms with van der Waals surface area (Å²) in [6.07, 6.45) is 4.83. The van der Waals surface area contributed by atoms with E-state index < -0.39 is 0 Å². The van der Waals surface area contributed by atoms with Crippen LogP contribution in [0.3, 0.4) is 0 Å². The van der Waals surface area contributed by atoms with E-state index in [1.165, 1.54) is 4.68 Å². The fourth-order valence-corrected chi connectivity index (χ4v) is 4.13. The van der Waals surface area contributed by atoms with Gasteiger partial charge in [0.2, 0.25) is 5.91 Å². The van der Waals surface area contributed by atoms with Gasteiger partial charge in [-0.1, -0.05) is 43.7 Å². The molecule has 1 amide bonds. The molecule has 0 atom stereocenters. The molecule has 164 valence electrons. The van der Waals surface area contributed by atoms with Gasteiger partial charge < -0.3 is 9.64 Å². The SMILES string of the molecule is CCCOc1ccc2ccccc2c1CN(C)C(=O)Cn1nc2n(c1=O)CCCCC2. The molecule has 7 nitrogen and oxygen atoms in total. The zero-order valence-corrected chi connectivity index (χ0v) is 18.3. The number of hydrogen-bond donors (Lipinski definition) is 0. The molecule has 0 bridgehead atoms. The summed E-state index contributed by atoms with van der Waals surface area (Å²) in [4.78, 5) is 27.3. The van der Waals surface area contributed by atoms with E-state index in [2.05, 4.69) is 24.2 Å². The average Bonchev–Trinajstić information content (AvgIpc) is 2.94. The van der Waals surface area contributed by atoms with Gasteiger partial charge in [-0.2, -0.15) is 5.10 Å². The van der Waals surface area contributed by atoms with Gasteiger partial charge >= 0.3 is 5.69 Å². The number of likely N-dealkylation sites (N-methyl/N-ethyl adjacent to an activating group) is 1. The molecule has 0 aliphatic carbocycles. The molecule has 4 rings (SSSR count).